The van der Waals surface area contributed by atoms with E-state index in [1.54, 1.807) is 4.90 Å². The van der Waals surface area contributed by atoms with Crippen LogP contribution in [0.3, 0.4) is 0 Å². The minimum atomic E-state index is -0.0354. The Bertz CT molecular complexity index is 901. The van der Waals surface area contributed by atoms with Gasteiger partial charge in [0.25, 0.3) is 0 Å². The quantitative estimate of drug-likeness (QED) is 0.777. The summed E-state index contributed by atoms with van der Waals surface area (Å²) >= 11 is 0. The molecule has 122 valence electrons. The number of urea groups is 1. The van der Waals surface area contributed by atoms with E-state index in [0.29, 0.717) is 19.6 Å². The topological polar surface area (TPSA) is 62.2 Å². The molecule has 1 saturated heterocycles. The van der Waals surface area contributed by atoms with Gasteiger partial charge in [-0.05, 0) is 23.8 Å². The number of nitrogens with one attached hydrogen (secondary N) is 2. The van der Waals surface area contributed by atoms with E-state index < -0.39 is 0 Å². The number of amides is 2. The summed E-state index contributed by atoms with van der Waals surface area (Å²) in [6.07, 6.45) is 1.88. The summed E-state index contributed by atoms with van der Waals surface area (Å²) in [6.45, 7) is 2.10. The average molecular weight is 321 g/mol. The molecule has 4 rings (SSSR count). The Kier molecular flexibility index (Phi) is 3.57. The average Bonchev–Trinajstić information content (AvgIpc) is 3.20. The maximum atomic E-state index is 11.8. The van der Waals surface area contributed by atoms with Crippen LogP contribution in [0.2, 0.25) is 0 Å². The third-order valence-electron chi connectivity index (χ3n) is 4.34. The van der Waals surface area contributed by atoms with E-state index in [0.717, 1.165) is 22.3 Å². The molecule has 1 aliphatic heterocycles. The molecule has 24 heavy (non-hydrogen) atoms. The Morgan fingerprint density at radius 1 is 1.25 bits per heavy atom. The number of aromatic nitrogens is 2. The molecule has 0 aliphatic carbocycles. The first-order valence-corrected chi connectivity index (χ1v) is 8.01. The van der Waals surface area contributed by atoms with E-state index in [-0.39, 0.29) is 6.03 Å². The van der Waals surface area contributed by atoms with Crippen LogP contribution in [0.1, 0.15) is 5.56 Å². The van der Waals surface area contributed by atoms with E-state index in [1.165, 1.54) is 5.56 Å². The van der Waals surface area contributed by atoms with E-state index in [1.807, 2.05) is 48.3 Å². The van der Waals surface area contributed by atoms with Gasteiger partial charge in [0, 0.05) is 43.4 Å². The van der Waals surface area contributed by atoms with Crippen molar-refractivity contribution >= 4 is 28.3 Å². The fourth-order valence-electron chi connectivity index (χ4n) is 3.16. The fourth-order valence-corrected chi connectivity index (χ4v) is 3.16. The summed E-state index contributed by atoms with van der Waals surface area (Å²) in [4.78, 5) is 13.6. The summed E-state index contributed by atoms with van der Waals surface area (Å²) < 4.78 is 1.90. The Balaban J connectivity index is 1.55. The molecular weight excluding hydrogens is 302 g/mol. The highest BCUT2D eigenvalue weighted by molar-refractivity contribution is 5.94. The van der Waals surface area contributed by atoms with Gasteiger partial charge in [0.15, 0.2) is 0 Å². The number of hydrogen-bond acceptors (Lipinski definition) is 3. The molecule has 3 aromatic rings. The zero-order chi connectivity index (χ0) is 16.5. The van der Waals surface area contributed by atoms with Crippen molar-refractivity contribution in [2.45, 2.75) is 6.54 Å². The van der Waals surface area contributed by atoms with Crippen LogP contribution >= 0.6 is 0 Å². The summed E-state index contributed by atoms with van der Waals surface area (Å²) in [6, 6.07) is 14.1. The largest absolute Gasteiger partial charge is 0.381 e. The lowest BCUT2D eigenvalue weighted by atomic mass is 10.1. The molecule has 6 nitrogen and oxygen atoms in total. The summed E-state index contributed by atoms with van der Waals surface area (Å²) in [5.41, 5.74) is 4.23. The molecule has 1 aromatic heterocycles. The lowest BCUT2D eigenvalue weighted by molar-refractivity contribution is 0.252. The molecule has 1 fully saturated rings. The number of fused-ring (bicyclic) bond motifs is 1. The van der Waals surface area contributed by atoms with Gasteiger partial charge in [-0.25, -0.2) is 4.79 Å². The van der Waals surface area contributed by atoms with Crippen molar-refractivity contribution in [1.29, 1.82) is 0 Å². The molecule has 2 N–H and O–H groups in total. The number of anilines is 2. The van der Waals surface area contributed by atoms with Crippen LogP contribution < -0.4 is 15.5 Å². The minimum Gasteiger partial charge on any atom is -0.381 e. The van der Waals surface area contributed by atoms with Gasteiger partial charge < -0.3 is 10.6 Å². The van der Waals surface area contributed by atoms with Crippen LogP contribution in [0.4, 0.5) is 16.2 Å². The van der Waals surface area contributed by atoms with E-state index in [4.69, 9.17) is 0 Å². The van der Waals surface area contributed by atoms with Crippen molar-refractivity contribution < 1.29 is 4.79 Å². The number of nitrogens with zero attached hydrogens (tertiary/aromatic N) is 3. The van der Waals surface area contributed by atoms with E-state index >= 15 is 0 Å². The maximum Gasteiger partial charge on any atom is 0.321 e. The van der Waals surface area contributed by atoms with E-state index in [9.17, 15) is 4.79 Å². The lowest BCUT2D eigenvalue weighted by Crippen LogP contribution is -2.27. The van der Waals surface area contributed by atoms with Crippen molar-refractivity contribution in [3.63, 3.8) is 0 Å². The Morgan fingerprint density at radius 2 is 2.12 bits per heavy atom. The van der Waals surface area contributed by atoms with Crippen LogP contribution in [-0.2, 0) is 13.6 Å². The number of carbonyl (C=O) groups is 1. The SMILES string of the molecule is Cn1ncc2cccc(CNc3cccc(N4CCNC4=O)c3)c21. The highest BCUT2D eigenvalue weighted by atomic mass is 16.2. The molecule has 0 bridgehead atoms. The third kappa shape index (κ3) is 2.56. The van der Waals surface area contributed by atoms with Crippen molar-refractivity contribution in [2.24, 2.45) is 7.05 Å². The highest BCUT2D eigenvalue weighted by Crippen LogP contribution is 2.23. The first-order valence-electron chi connectivity index (χ1n) is 8.01. The highest BCUT2D eigenvalue weighted by Gasteiger charge is 2.21. The van der Waals surface area contributed by atoms with Gasteiger partial charge in [-0.15, -0.1) is 0 Å². The van der Waals surface area contributed by atoms with Gasteiger partial charge in [-0.1, -0.05) is 24.3 Å². The van der Waals surface area contributed by atoms with Crippen molar-refractivity contribution in [3.8, 4) is 0 Å². The zero-order valence-electron chi connectivity index (χ0n) is 13.5. The minimum absolute atomic E-state index is 0.0354. The Labute approximate surface area is 140 Å². The number of hydrogen-bond donors (Lipinski definition) is 2. The molecule has 0 atom stereocenters. The smallest absolute Gasteiger partial charge is 0.321 e. The lowest BCUT2D eigenvalue weighted by Gasteiger charge is -2.16. The molecule has 2 amide bonds. The first-order chi connectivity index (χ1) is 11.7. The van der Waals surface area contributed by atoms with Gasteiger partial charge in [-0.3, -0.25) is 9.58 Å². The van der Waals surface area contributed by atoms with Gasteiger partial charge in [0.2, 0.25) is 0 Å². The maximum absolute atomic E-state index is 11.8. The number of aryl methyl sites for hydroxylation is 1. The molecule has 0 unspecified atom stereocenters. The zero-order valence-corrected chi connectivity index (χ0v) is 13.5. The summed E-state index contributed by atoms with van der Waals surface area (Å²) in [7, 11) is 1.96. The predicted octanol–water partition coefficient (Wildman–Crippen LogP) is 2.72. The van der Waals surface area contributed by atoms with E-state index in [2.05, 4.69) is 27.9 Å². The monoisotopic (exact) mass is 321 g/mol. The van der Waals surface area contributed by atoms with Crippen LogP contribution in [-0.4, -0.2) is 28.9 Å². The molecule has 2 aromatic carbocycles. The number of benzene rings is 2. The summed E-state index contributed by atoms with van der Waals surface area (Å²) in [5.74, 6) is 0. The van der Waals surface area contributed by atoms with Crippen molar-refractivity contribution in [1.82, 2.24) is 15.1 Å². The second-order valence-electron chi connectivity index (χ2n) is 5.91. The summed E-state index contributed by atoms with van der Waals surface area (Å²) in [5, 5.41) is 11.7. The first kappa shape index (κ1) is 14.6. The van der Waals surface area contributed by atoms with Gasteiger partial charge in [-0.2, -0.15) is 5.10 Å². The normalized spacial score (nSPS) is 14.2. The van der Waals surface area contributed by atoms with Gasteiger partial charge >= 0.3 is 6.03 Å². The number of carbonyl (C=O) groups excluding carboxylic acids is 1. The fraction of sp³-hybridized carbons (Fsp3) is 0.222. The standard InChI is InChI=1S/C18H19N5O/c1-22-17-13(4-2-5-14(17)12-21-22)11-20-15-6-3-7-16(10-15)23-9-8-19-18(23)24/h2-7,10,12,20H,8-9,11H2,1H3,(H,19,24). The molecular formula is C18H19N5O. The van der Waals surface area contributed by atoms with Crippen molar-refractivity contribution in [3.05, 3.63) is 54.2 Å². The molecule has 1 aliphatic rings. The number of rotatable bonds is 4. The molecule has 0 radical (unpaired) electrons. The Hall–Kier alpha value is -3.02. The van der Waals surface area contributed by atoms with Crippen LogP contribution in [0.15, 0.2) is 48.7 Å². The van der Waals surface area contributed by atoms with Crippen LogP contribution in [0.25, 0.3) is 10.9 Å². The van der Waals surface area contributed by atoms with Gasteiger partial charge in [0.1, 0.15) is 0 Å². The molecule has 0 saturated carbocycles. The van der Waals surface area contributed by atoms with Crippen LogP contribution in [0, 0.1) is 0 Å². The van der Waals surface area contributed by atoms with Crippen LogP contribution in [0.5, 0.6) is 0 Å². The second-order valence-corrected chi connectivity index (χ2v) is 5.91. The van der Waals surface area contributed by atoms with Crippen molar-refractivity contribution in [2.75, 3.05) is 23.3 Å². The molecule has 2 heterocycles. The predicted molar refractivity (Wildman–Crippen MR) is 95.2 cm³/mol. The number of para-hydroxylation sites is 1. The van der Waals surface area contributed by atoms with Gasteiger partial charge in [0.05, 0.1) is 11.7 Å². The molecule has 0 spiro atoms. The Morgan fingerprint density at radius 3 is 2.96 bits per heavy atom. The molecule has 6 heteroatoms. The third-order valence-corrected chi connectivity index (χ3v) is 4.34. The second kappa shape index (κ2) is 5.88.